The van der Waals surface area contributed by atoms with E-state index in [0.717, 1.165) is 24.8 Å². The van der Waals surface area contributed by atoms with E-state index in [0.29, 0.717) is 44.8 Å². The van der Waals surface area contributed by atoms with Crippen molar-refractivity contribution in [1.82, 2.24) is 15.2 Å². The lowest BCUT2D eigenvalue weighted by molar-refractivity contribution is -0.135. The van der Waals surface area contributed by atoms with Crippen LogP contribution in [0.15, 0.2) is 48.7 Å². The van der Waals surface area contributed by atoms with Crippen molar-refractivity contribution in [3.8, 4) is 5.88 Å². The summed E-state index contributed by atoms with van der Waals surface area (Å²) in [4.78, 5) is 31.6. The molecular weight excluding hydrogens is 402 g/mol. The normalized spacial score (nSPS) is 17.3. The Morgan fingerprint density at radius 1 is 1.00 bits per heavy atom. The first-order valence-electron chi connectivity index (χ1n) is 11.9. The molecule has 0 bridgehead atoms. The average Bonchev–Trinajstić information content (AvgIpc) is 3.36. The minimum Gasteiger partial charge on any atom is -0.474 e. The number of hydrogen-bond acceptors (Lipinski definition) is 4. The smallest absolute Gasteiger partial charge is 0.223 e. The summed E-state index contributed by atoms with van der Waals surface area (Å²) in [6.45, 7) is 1.72. The number of hydrogen-bond donors (Lipinski definition) is 1. The van der Waals surface area contributed by atoms with Crippen LogP contribution in [0.5, 0.6) is 5.88 Å². The van der Waals surface area contributed by atoms with Crippen molar-refractivity contribution >= 4 is 11.8 Å². The van der Waals surface area contributed by atoms with Crippen molar-refractivity contribution in [2.45, 2.75) is 64.0 Å². The standard InChI is InChI=1S/C26H33N3O3/c30-24(13-12-20-7-2-1-3-8-20)29-17-14-21(15-18-29)25(31)28-19-22-9-6-16-27-26(22)32-23-10-4-5-11-23/h1-3,6-9,16,21,23H,4-5,10-15,17-19H2,(H,28,31). The molecule has 32 heavy (non-hydrogen) atoms. The molecule has 6 nitrogen and oxygen atoms in total. The highest BCUT2D eigenvalue weighted by atomic mass is 16.5. The summed E-state index contributed by atoms with van der Waals surface area (Å²) < 4.78 is 6.07. The Hall–Kier alpha value is -2.89. The van der Waals surface area contributed by atoms with E-state index in [1.54, 1.807) is 6.20 Å². The highest BCUT2D eigenvalue weighted by Crippen LogP contribution is 2.25. The first-order chi connectivity index (χ1) is 15.7. The van der Waals surface area contributed by atoms with Crippen LogP contribution in [0.1, 0.15) is 56.1 Å². The maximum absolute atomic E-state index is 12.7. The molecule has 0 radical (unpaired) electrons. The highest BCUT2D eigenvalue weighted by molar-refractivity contribution is 5.80. The van der Waals surface area contributed by atoms with Crippen LogP contribution in [-0.2, 0) is 22.6 Å². The second-order valence-corrected chi connectivity index (χ2v) is 8.85. The summed E-state index contributed by atoms with van der Waals surface area (Å²) in [7, 11) is 0. The lowest BCUT2D eigenvalue weighted by atomic mass is 9.95. The van der Waals surface area contributed by atoms with Gasteiger partial charge in [-0.2, -0.15) is 0 Å². The van der Waals surface area contributed by atoms with Crippen LogP contribution in [-0.4, -0.2) is 40.9 Å². The van der Waals surface area contributed by atoms with Gasteiger partial charge >= 0.3 is 0 Å². The highest BCUT2D eigenvalue weighted by Gasteiger charge is 2.27. The van der Waals surface area contributed by atoms with Crippen LogP contribution >= 0.6 is 0 Å². The van der Waals surface area contributed by atoms with E-state index >= 15 is 0 Å². The number of carbonyl (C=O) groups is 2. The third-order valence-electron chi connectivity index (χ3n) is 6.57. The number of pyridine rings is 1. The summed E-state index contributed by atoms with van der Waals surface area (Å²) in [6.07, 6.45) is 9.23. The Labute approximate surface area is 190 Å². The van der Waals surface area contributed by atoms with E-state index < -0.39 is 0 Å². The predicted molar refractivity (Wildman–Crippen MR) is 123 cm³/mol. The molecule has 2 heterocycles. The number of carbonyl (C=O) groups excluding carboxylic acids is 2. The summed E-state index contributed by atoms with van der Waals surface area (Å²) in [6, 6.07) is 13.9. The molecule has 0 spiro atoms. The minimum absolute atomic E-state index is 0.0518. The third-order valence-corrected chi connectivity index (χ3v) is 6.57. The molecule has 2 amide bonds. The fourth-order valence-corrected chi connectivity index (χ4v) is 4.60. The van der Waals surface area contributed by atoms with Crippen molar-refractivity contribution in [3.05, 3.63) is 59.8 Å². The Balaban J connectivity index is 1.21. The van der Waals surface area contributed by atoms with Crippen LogP contribution in [0.3, 0.4) is 0 Å². The van der Waals surface area contributed by atoms with Gasteiger partial charge in [-0.3, -0.25) is 9.59 Å². The van der Waals surface area contributed by atoms with Gasteiger partial charge in [0, 0.05) is 43.7 Å². The zero-order chi connectivity index (χ0) is 22.2. The van der Waals surface area contributed by atoms with Crippen molar-refractivity contribution in [2.75, 3.05) is 13.1 Å². The number of likely N-dealkylation sites (tertiary alicyclic amines) is 1. The molecule has 170 valence electrons. The van der Waals surface area contributed by atoms with E-state index in [2.05, 4.69) is 22.4 Å². The molecule has 2 aliphatic rings. The number of aryl methyl sites for hydroxylation is 1. The molecule has 1 aliphatic heterocycles. The van der Waals surface area contributed by atoms with E-state index in [4.69, 9.17) is 4.74 Å². The summed E-state index contributed by atoms with van der Waals surface area (Å²) in [5.74, 6) is 0.816. The van der Waals surface area contributed by atoms with Gasteiger partial charge in [0.15, 0.2) is 0 Å². The van der Waals surface area contributed by atoms with Gasteiger partial charge in [0.05, 0.1) is 0 Å². The third kappa shape index (κ3) is 6.09. The van der Waals surface area contributed by atoms with Crippen LogP contribution < -0.4 is 10.1 Å². The fourth-order valence-electron chi connectivity index (χ4n) is 4.60. The molecule has 0 atom stereocenters. The molecule has 1 saturated carbocycles. The lowest BCUT2D eigenvalue weighted by Crippen LogP contribution is -2.43. The van der Waals surface area contributed by atoms with Crippen molar-refractivity contribution < 1.29 is 14.3 Å². The molecule has 2 aromatic rings. The zero-order valence-electron chi connectivity index (χ0n) is 18.7. The van der Waals surface area contributed by atoms with Crippen molar-refractivity contribution in [1.29, 1.82) is 0 Å². The van der Waals surface area contributed by atoms with Gasteiger partial charge in [-0.15, -0.1) is 0 Å². The number of amides is 2. The maximum Gasteiger partial charge on any atom is 0.223 e. The summed E-state index contributed by atoms with van der Waals surface area (Å²) in [5, 5.41) is 3.06. The van der Waals surface area contributed by atoms with Gasteiger partial charge in [-0.05, 0) is 56.6 Å². The second kappa shape index (κ2) is 11.1. The molecule has 4 rings (SSSR count). The number of ether oxygens (including phenoxy) is 1. The Morgan fingerprint density at radius 2 is 1.75 bits per heavy atom. The monoisotopic (exact) mass is 435 g/mol. The Kier molecular flexibility index (Phi) is 7.75. The van der Waals surface area contributed by atoms with Gasteiger partial charge in [-0.1, -0.05) is 36.4 Å². The van der Waals surface area contributed by atoms with Crippen molar-refractivity contribution in [2.24, 2.45) is 5.92 Å². The topological polar surface area (TPSA) is 71.5 Å². The maximum atomic E-state index is 12.7. The number of nitrogens with zero attached hydrogens (tertiary/aromatic N) is 2. The first kappa shape index (κ1) is 22.3. The van der Waals surface area contributed by atoms with Crippen molar-refractivity contribution in [3.63, 3.8) is 0 Å². The Bertz CT molecular complexity index is 888. The predicted octanol–water partition coefficient (Wildman–Crippen LogP) is 3.89. The Morgan fingerprint density at radius 3 is 2.50 bits per heavy atom. The van der Waals surface area contributed by atoms with Crippen LogP contribution in [0.2, 0.25) is 0 Å². The molecule has 1 saturated heterocycles. The average molecular weight is 436 g/mol. The van der Waals surface area contributed by atoms with Gasteiger partial charge in [0.2, 0.25) is 17.7 Å². The van der Waals surface area contributed by atoms with Crippen LogP contribution in [0, 0.1) is 5.92 Å². The molecular formula is C26H33N3O3. The zero-order valence-corrected chi connectivity index (χ0v) is 18.7. The summed E-state index contributed by atoms with van der Waals surface area (Å²) in [5.41, 5.74) is 2.10. The quantitative estimate of drug-likeness (QED) is 0.683. The molecule has 0 unspecified atom stereocenters. The molecule has 1 N–H and O–H groups in total. The number of rotatable bonds is 8. The molecule has 1 aliphatic carbocycles. The van der Waals surface area contributed by atoms with E-state index in [-0.39, 0.29) is 23.8 Å². The van der Waals surface area contributed by atoms with Crippen LogP contribution in [0.25, 0.3) is 0 Å². The number of piperidine rings is 1. The largest absolute Gasteiger partial charge is 0.474 e. The molecule has 1 aromatic heterocycles. The first-order valence-corrected chi connectivity index (χ1v) is 11.9. The van der Waals surface area contributed by atoms with Gasteiger partial charge < -0.3 is 15.0 Å². The van der Waals surface area contributed by atoms with E-state index in [9.17, 15) is 9.59 Å². The minimum atomic E-state index is -0.0518. The van der Waals surface area contributed by atoms with E-state index in [1.165, 1.54) is 18.4 Å². The fraction of sp³-hybridized carbons (Fsp3) is 0.500. The van der Waals surface area contributed by atoms with Gasteiger partial charge in [-0.25, -0.2) is 4.98 Å². The van der Waals surface area contributed by atoms with Gasteiger partial charge in [0.1, 0.15) is 6.10 Å². The molecule has 6 heteroatoms. The number of benzene rings is 1. The molecule has 2 fully saturated rings. The SMILES string of the molecule is O=C(NCc1cccnc1OC1CCCC1)C1CCN(C(=O)CCc2ccccc2)CC1. The summed E-state index contributed by atoms with van der Waals surface area (Å²) >= 11 is 0. The lowest BCUT2D eigenvalue weighted by Gasteiger charge is -2.31. The number of nitrogens with one attached hydrogen (secondary N) is 1. The van der Waals surface area contributed by atoms with Crippen LogP contribution in [0.4, 0.5) is 0 Å². The molecule has 1 aromatic carbocycles. The second-order valence-electron chi connectivity index (χ2n) is 8.85. The van der Waals surface area contributed by atoms with E-state index in [1.807, 2.05) is 35.2 Å². The van der Waals surface area contributed by atoms with Gasteiger partial charge in [0.25, 0.3) is 0 Å². The number of aromatic nitrogens is 1.